The highest BCUT2D eigenvalue weighted by Gasteiger charge is 2.36. The number of hydrogen-bond acceptors (Lipinski definition) is 5. The molecule has 0 aliphatic carbocycles. The zero-order chi connectivity index (χ0) is 21.3. The van der Waals surface area contributed by atoms with Crippen molar-refractivity contribution >= 4 is 35.1 Å². The Kier molecular flexibility index (Phi) is 4.85. The SMILES string of the molecule is COC(=O)c1ccc(C(=O)Nc2ccc(N3C(=O)c4ccccc4C3=O)cc2)cc1. The summed E-state index contributed by atoms with van der Waals surface area (Å²) in [6.45, 7) is 0. The number of imide groups is 1. The summed E-state index contributed by atoms with van der Waals surface area (Å²) in [4.78, 5) is 50.1. The Hall–Kier alpha value is -4.26. The number of rotatable bonds is 4. The highest BCUT2D eigenvalue weighted by atomic mass is 16.5. The molecule has 3 amide bonds. The molecule has 0 spiro atoms. The monoisotopic (exact) mass is 400 g/mol. The molecule has 4 rings (SSSR count). The van der Waals surface area contributed by atoms with Gasteiger partial charge in [0.25, 0.3) is 17.7 Å². The quantitative estimate of drug-likeness (QED) is 0.534. The zero-order valence-electron chi connectivity index (χ0n) is 15.9. The van der Waals surface area contributed by atoms with Crippen LogP contribution in [0.2, 0.25) is 0 Å². The van der Waals surface area contributed by atoms with Gasteiger partial charge >= 0.3 is 5.97 Å². The van der Waals surface area contributed by atoms with Crippen molar-refractivity contribution in [2.75, 3.05) is 17.3 Å². The number of nitrogens with zero attached hydrogens (tertiary/aromatic N) is 1. The highest BCUT2D eigenvalue weighted by molar-refractivity contribution is 6.34. The van der Waals surface area contributed by atoms with Gasteiger partial charge in [-0.1, -0.05) is 12.1 Å². The van der Waals surface area contributed by atoms with E-state index in [4.69, 9.17) is 0 Å². The van der Waals surface area contributed by atoms with Crippen LogP contribution in [0.4, 0.5) is 11.4 Å². The Morgan fingerprint density at radius 2 is 1.30 bits per heavy atom. The smallest absolute Gasteiger partial charge is 0.337 e. The van der Waals surface area contributed by atoms with E-state index in [1.165, 1.54) is 31.4 Å². The van der Waals surface area contributed by atoms with Crippen LogP contribution >= 0.6 is 0 Å². The standard InChI is InChI=1S/C23H16N2O5/c1-30-23(29)15-8-6-14(7-9-15)20(26)24-16-10-12-17(13-11-16)25-21(27)18-4-2-3-5-19(18)22(25)28/h2-13H,1H3,(H,24,26). The summed E-state index contributed by atoms with van der Waals surface area (Å²) in [6.07, 6.45) is 0. The molecule has 1 heterocycles. The van der Waals surface area contributed by atoms with Crippen molar-refractivity contribution < 1.29 is 23.9 Å². The summed E-state index contributed by atoms with van der Waals surface area (Å²) in [5, 5.41) is 2.73. The summed E-state index contributed by atoms with van der Waals surface area (Å²) < 4.78 is 4.63. The van der Waals surface area contributed by atoms with Gasteiger partial charge in [-0.05, 0) is 60.7 Å². The Labute approximate surface area is 171 Å². The third-order valence-electron chi connectivity index (χ3n) is 4.75. The van der Waals surface area contributed by atoms with E-state index >= 15 is 0 Å². The van der Waals surface area contributed by atoms with Crippen LogP contribution in [-0.2, 0) is 4.74 Å². The molecule has 7 nitrogen and oxygen atoms in total. The number of hydrogen-bond donors (Lipinski definition) is 1. The van der Waals surface area contributed by atoms with Crippen LogP contribution in [-0.4, -0.2) is 30.8 Å². The van der Waals surface area contributed by atoms with Crippen molar-refractivity contribution in [2.45, 2.75) is 0 Å². The van der Waals surface area contributed by atoms with Gasteiger partial charge in [-0.25, -0.2) is 9.69 Å². The summed E-state index contributed by atoms with van der Waals surface area (Å²) in [5.74, 6) is -1.60. The number of fused-ring (bicyclic) bond motifs is 1. The second-order valence-corrected chi connectivity index (χ2v) is 6.56. The fourth-order valence-electron chi connectivity index (χ4n) is 3.20. The van der Waals surface area contributed by atoms with Crippen LogP contribution in [0, 0.1) is 0 Å². The van der Waals surface area contributed by atoms with Crippen LogP contribution in [0.3, 0.4) is 0 Å². The maximum absolute atomic E-state index is 12.6. The highest BCUT2D eigenvalue weighted by Crippen LogP contribution is 2.29. The molecule has 0 atom stereocenters. The minimum absolute atomic E-state index is 0.347. The number of nitrogens with one attached hydrogen (secondary N) is 1. The first-order valence-corrected chi connectivity index (χ1v) is 9.07. The predicted molar refractivity (Wildman–Crippen MR) is 110 cm³/mol. The molecular weight excluding hydrogens is 384 g/mol. The number of methoxy groups -OCH3 is 1. The molecule has 1 N–H and O–H groups in total. The molecule has 30 heavy (non-hydrogen) atoms. The van der Waals surface area contributed by atoms with Gasteiger partial charge in [-0.15, -0.1) is 0 Å². The van der Waals surface area contributed by atoms with E-state index in [9.17, 15) is 19.2 Å². The molecule has 1 aliphatic heterocycles. The van der Waals surface area contributed by atoms with E-state index in [1.54, 1.807) is 48.5 Å². The van der Waals surface area contributed by atoms with Crippen molar-refractivity contribution in [3.63, 3.8) is 0 Å². The molecule has 148 valence electrons. The van der Waals surface area contributed by atoms with E-state index in [2.05, 4.69) is 10.1 Å². The lowest BCUT2D eigenvalue weighted by molar-refractivity contribution is 0.0600. The van der Waals surface area contributed by atoms with Gasteiger partial charge in [0, 0.05) is 11.3 Å². The number of carbonyl (C=O) groups is 4. The minimum atomic E-state index is -0.481. The first kappa shape index (κ1) is 19.1. The molecule has 0 fully saturated rings. The van der Waals surface area contributed by atoms with Crippen LogP contribution in [0.5, 0.6) is 0 Å². The van der Waals surface area contributed by atoms with E-state index in [0.717, 1.165) is 4.90 Å². The van der Waals surface area contributed by atoms with Crippen molar-refractivity contribution in [1.29, 1.82) is 0 Å². The van der Waals surface area contributed by atoms with Gasteiger partial charge in [0.15, 0.2) is 0 Å². The lowest BCUT2D eigenvalue weighted by Crippen LogP contribution is -2.29. The van der Waals surface area contributed by atoms with E-state index < -0.39 is 5.97 Å². The lowest BCUT2D eigenvalue weighted by atomic mass is 10.1. The molecule has 0 aromatic heterocycles. The molecular formula is C23H16N2O5. The average Bonchev–Trinajstić information content (AvgIpc) is 3.04. The van der Waals surface area contributed by atoms with Crippen LogP contribution in [0.15, 0.2) is 72.8 Å². The topological polar surface area (TPSA) is 92.8 Å². The first-order chi connectivity index (χ1) is 14.5. The normalized spacial score (nSPS) is 12.5. The molecule has 7 heteroatoms. The first-order valence-electron chi connectivity index (χ1n) is 9.07. The Morgan fingerprint density at radius 3 is 1.83 bits per heavy atom. The fourth-order valence-corrected chi connectivity index (χ4v) is 3.20. The maximum Gasteiger partial charge on any atom is 0.337 e. The van der Waals surface area contributed by atoms with Crippen LogP contribution in [0.1, 0.15) is 41.4 Å². The Morgan fingerprint density at radius 1 is 0.767 bits per heavy atom. The molecule has 0 bridgehead atoms. The van der Waals surface area contributed by atoms with Crippen LogP contribution < -0.4 is 10.2 Å². The van der Waals surface area contributed by atoms with Gasteiger partial charge in [0.1, 0.15) is 0 Å². The average molecular weight is 400 g/mol. The molecule has 1 aliphatic rings. The second kappa shape index (κ2) is 7.63. The van der Waals surface area contributed by atoms with Gasteiger partial charge in [0.2, 0.25) is 0 Å². The van der Waals surface area contributed by atoms with Crippen molar-refractivity contribution in [3.8, 4) is 0 Å². The van der Waals surface area contributed by atoms with Crippen LogP contribution in [0.25, 0.3) is 0 Å². The van der Waals surface area contributed by atoms with E-state index in [-0.39, 0.29) is 17.7 Å². The fraction of sp³-hybridized carbons (Fsp3) is 0.0435. The van der Waals surface area contributed by atoms with Gasteiger partial charge in [-0.3, -0.25) is 14.4 Å². The lowest BCUT2D eigenvalue weighted by Gasteiger charge is -2.14. The molecule has 0 unspecified atom stereocenters. The molecule has 0 radical (unpaired) electrons. The number of benzene rings is 3. The molecule has 3 aromatic rings. The largest absolute Gasteiger partial charge is 0.465 e. The summed E-state index contributed by atoms with van der Waals surface area (Å²) in [7, 11) is 1.29. The van der Waals surface area contributed by atoms with Crippen molar-refractivity contribution in [2.24, 2.45) is 0 Å². The van der Waals surface area contributed by atoms with Gasteiger partial charge in [0.05, 0.1) is 29.5 Å². The molecule has 3 aromatic carbocycles. The number of esters is 1. The summed E-state index contributed by atoms with van der Waals surface area (Å²) in [6, 6.07) is 19.1. The number of anilines is 2. The van der Waals surface area contributed by atoms with E-state index in [0.29, 0.717) is 33.6 Å². The van der Waals surface area contributed by atoms with Gasteiger partial charge in [-0.2, -0.15) is 0 Å². The minimum Gasteiger partial charge on any atom is -0.465 e. The summed E-state index contributed by atoms with van der Waals surface area (Å²) >= 11 is 0. The molecule has 0 saturated heterocycles. The van der Waals surface area contributed by atoms with Crippen molar-refractivity contribution in [3.05, 3.63) is 95.1 Å². The Bertz CT molecular complexity index is 1130. The second-order valence-electron chi connectivity index (χ2n) is 6.56. The molecule has 0 saturated carbocycles. The van der Waals surface area contributed by atoms with Gasteiger partial charge < -0.3 is 10.1 Å². The predicted octanol–water partition coefficient (Wildman–Crippen LogP) is 3.53. The van der Waals surface area contributed by atoms with Crippen molar-refractivity contribution in [1.82, 2.24) is 0 Å². The third kappa shape index (κ3) is 3.33. The van der Waals surface area contributed by atoms with E-state index in [1.807, 2.05) is 0 Å². The zero-order valence-corrected chi connectivity index (χ0v) is 15.9. The Balaban J connectivity index is 1.48. The number of amides is 3. The number of ether oxygens (including phenoxy) is 1. The summed E-state index contributed by atoms with van der Waals surface area (Å²) in [5.41, 5.74) is 2.37. The maximum atomic E-state index is 12.6. The third-order valence-corrected chi connectivity index (χ3v) is 4.75. The number of carbonyl (C=O) groups excluding carboxylic acids is 4.